The van der Waals surface area contributed by atoms with Gasteiger partial charge in [0.2, 0.25) is 0 Å². The van der Waals surface area contributed by atoms with Gasteiger partial charge in [0.1, 0.15) is 6.10 Å². The molecule has 1 aliphatic heterocycles. The van der Waals surface area contributed by atoms with Gasteiger partial charge < -0.3 is 14.8 Å². The number of carbonyl (C=O) groups excluding carboxylic acids is 1. The molecule has 1 saturated carbocycles. The lowest BCUT2D eigenvalue weighted by atomic mass is 9.94. The van der Waals surface area contributed by atoms with Crippen molar-refractivity contribution in [3.8, 4) is 0 Å². The van der Waals surface area contributed by atoms with Gasteiger partial charge in [-0.05, 0) is 29.7 Å². The highest BCUT2D eigenvalue weighted by Gasteiger charge is 2.42. The molecule has 1 spiro atoms. The van der Waals surface area contributed by atoms with E-state index in [0.29, 0.717) is 18.7 Å². The van der Waals surface area contributed by atoms with Crippen molar-refractivity contribution >= 4 is 16.7 Å². The van der Waals surface area contributed by atoms with Gasteiger partial charge >= 0.3 is 0 Å². The molecule has 2 aliphatic rings. The van der Waals surface area contributed by atoms with Crippen LogP contribution in [0.25, 0.3) is 10.8 Å². The fourth-order valence-electron chi connectivity index (χ4n) is 3.80. The van der Waals surface area contributed by atoms with E-state index in [1.807, 2.05) is 42.5 Å². The molecule has 126 valence electrons. The minimum atomic E-state index is -0.382. The standard InChI is InChI=1S/C20H23NO3/c22-19(18-10-6-8-15-7-2-3-9-17(15)18)21-13-16-14-23-20(24-16)11-4-1-5-12-20/h2-3,6-10,16H,1,4-5,11-14H2,(H,21,22)/t16-/m1/s1. The van der Waals surface area contributed by atoms with Crippen LogP contribution in [0.3, 0.4) is 0 Å². The van der Waals surface area contributed by atoms with Crippen molar-refractivity contribution in [2.24, 2.45) is 0 Å². The van der Waals surface area contributed by atoms with Crippen molar-refractivity contribution in [2.45, 2.75) is 44.0 Å². The summed E-state index contributed by atoms with van der Waals surface area (Å²) in [6, 6.07) is 13.8. The molecular weight excluding hydrogens is 302 g/mol. The second kappa shape index (κ2) is 6.54. The van der Waals surface area contributed by atoms with Crippen LogP contribution in [-0.4, -0.2) is 30.9 Å². The van der Waals surface area contributed by atoms with E-state index in [2.05, 4.69) is 5.32 Å². The summed E-state index contributed by atoms with van der Waals surface area (Å²) >= 11 is 0. The summed E-state index contributed by atoms with van der Waals surface area (Å²) in [6.45, 7) is 1.06. The molecule has 0 bridgehead atoms. The van der Waals surface area contributed by atoms with Gasteiger partial charge in [0, 0.05) is 24.9 Å². The largest absolute Gasteiger partial charge is 0.349 e. The maximum Gasteiger partial charge on any atom is 0.252 e. The first-order valence-electron chi connectivity index (χ1n) is 8.84. The van der Waals surface area contributed by atoms with Gasteiger partial charge in [-0.3, -0.25) is 4.79 Å². The van der Waals surface area contributed by atoms with Crippen molar-refractivity contribution < 1.29 is 14.3 Å². The number of fused-ring (bicyclic) bond motifs is 1. The molecule has 0 aromatic heterocycles. The van der Waals surface area contributed by atoms with Crippen LogP contribution in [-0.2, 0) is 9.47 Å². The van der Waals surface area contributed by atoms with E-state index in [-0.39, 0.29) is 17.8 Å². The van der Waals surface area contributed by atoms with Crippen LogP contribution in [0.15, 0.2) is 42.5 Å². The fraction of sp³-hybridized carbons (Fsp3) is 0.450. The van der Waals surface area contributed by atoms with Crippen molar-refractivity contribution in [2.75, 3.05) is 13.2 Å². The highest BCUT2D eigenvalue weighted by atomic mass is 16.7. The number of benzene rings is 2. The number of amides is 1. The molecular formula is C20H23NO3. The second-order valence-corrected chi connectivity index (χ2v) is 6.76. The third kappa shape index (κ3) is 3.04. The molecule has 2 fully saturated rings. The van der Waals surface area contributed by atoms with Gasteiger partial charge in [-0.25, -0.2) is 0 Å². The molecule has 0 radical (unpaired) electrons. The van der Waals surface area contributed by atoms with Crippen LogP contribution >= 0.6 is 0 Å². The van der Waals surface area contributed by atoms with Gasteiger partial charge in [0.15, 0.2) is 5.79 Å². The first-order valence-corrected chi connectivity index (χ1v) is 8.84. The van der Waals surface area contributed by atoms with Gasteiger partial charge in [-0.2, -0.15) is 0 Å². The number of nitrogens with one attached hydrogen (secondary N) is 1. The molecule has 1 N–H and O–H groups in total. The highest BCUT2D eigenvalue weighted by molar-refractivity contribution is 6.06. The predicted molar refractivity (Wildman–Crippen MR) is 92.9 cm³/mol. The molecule has 4 nitrogen and oxygen atoms in total. The molecule has 0 unspecified atom stereocenters. The van der Waals surface area contributed by atoms with Crippen molar-refractivity contribution in [1.29, 1.82) is 0 Å². The summed E-state index contributed by atoms with van der Waals surface area (Å²) in [7, 11) is 0. The topological polar surface area (TPSA) is 47.6 Å². The number of hydrogen-bond donors (Lipinski definition) is 1. The Morgan fingerprint density at radius 3 is 2.75 bits per heavy atom. The average molecular weight is 325 g/mol. The Hall–Kier alpha value is -1.91. The zero-order chi connectivity index (χ0) is 16.4. The molecule has 1 heterocycles. The zero-order valence-electron chi connectivity index (χ0n) is 13.8. The average Bonchev–Trinajstić information content (AvgIpc) is 3.02. The predicted octanol–water partition coefficient (Wildman–Crippen LogP) is 3.65. The summed E-state index contributed by atoms with van der Waals surface area (Å²) in [4.78, 5) is 12.6. The third-order valence-corrected chi connectivity index (χ3v) is 5.05. The minimum absolute atomic E-state index is 0.0537. The number of hydrogen-bond acceptors (Lipinski definition) is 3. The van der Waals surface area contributed by atoms with E-state index in [0.717, 1.165) is 36.5 Å². The van der Waals surface area contributed by atoms with Crippen LogP contribution in [0, 0.1) is 0 Å². The molecule has 4 heteroatoms. The van der Waals surface area contributed by atoms with E-state index < -0.39 is 0 Å². The van der Waals surface area contributed by atoms with Gasteiger partial charge in [-0.15, -0.1) is 0 Å². The van der Waals surface area contributed by atoms with E-state index in [1.165, 1.54) is 6.42 Å². The molecule has 2 aromatic rings. The fourth-order valence-corrected chi connectivity index (χ4v) is 3.80. The van der Waals surface area contributed by atoms with E-state index in [4.69, 9.17) is 9.47 Å². The van der Waals surface area contributed by atoms with Gasteiger partial charge in [0.05, 0.1) is 6.61 Å². The Bertz CT molecular complexity index is 731. The quantitative estimate of drug-likeness (QED) is 0.937. The van der Waals surface area contributed by atoms with Gasteiger partial charge in [0.25, 0.3) is 5.91 Å². The summed E-state index contributed by atoms with van der Waals surface area (Å²) < 4.78 is 12.1. The second-order valence-electron chi connectivity index (χ2n) is 6.76. The minimum Gasteiger partial charge on any atom is -0.349 e. The maximum absolute atomic E-state index is 12.6. The Morgan fingerprint density at radius 1 is 1.08 bits per heavy atom. The normalized spacial score (nSPS) is 22.8. The van der Waals surface area contributed by atoms with Crippen molar-refractivity contribution in [3.63, 3.8) is 0 Å². The smallest absolute Gasteiger partial charge is 0.252 e. The SMILES string of the molecule is O=C(NC[C@@H]1COC2(CCCCC2)O1)c1cccc2ccccc12. The van der Waals surface area contributed by atoms with Crippen molar-refractivity contribution in [3.05, 3.63) is 48.0 Å². The zero-order valence-corrected chi connectivity index (χ0v) is 13.8. The van der Waals surface area contributed by atoms with Crippen molar-refractivity contribution in [1.82, 2.24) is 5.32 Å². The van der Waals surface area contributed by atoms with Crippen LogP contribution in [0.4, 0.5) is 0 Å². The van der Waals surface area contributed by atoms with E-state index in [9.17, 15) is 4.79 Å². The lowest BCUT2D eigenvalue weighted by Crippen LogP contribution is -2.37. The molecule has 1 aliphatic carbocycles. The first kappa shape index (κ1) is 15.6. The van der Waals surface area contributed by atoms with Crippen LogP contribution in [0.5, 0.6) is 0 Å². The lowest BCUT2D eigenvalue weighted by Gasteiger charge is -2.31. The molecule has 1 saturated heterocycles. The number of rotatable bonds is 3. The highest BCUT2D eigenvalue weighted by Crippen LogP contribution is 2.37. The van der Waals surface area contributed by atoms with Crippen LogP contribution in [0.1, 0.15) is 42.5 Å². The van der Waals surface area contributed by atoms with Crippen LogP contribution < -0.4 is 5.32 Å². The molecule has 1 amide bonds. The molecule has 1 atom stereocenters. The van der Waals surface area contributed by atoms with E-state index in [1.54, 1.807) is 0 Å². The Labute approximate surface area is 142 Å². The summed E-state index contributed by atoms with van der Waals surface area (Å²) in [5.41, 5.74) is 0.708. The summed E-state index contributed by atoms with van der Waals surface area (Å²) in [5, 5.41) is 5.06. The Kier molecular flexibility index (Phi) is 4.25. The molecule has 4 rings (SSSR count). The lowest BCUT2D eigenvalue weighted by molar-refractivity contribution is -0.186. The maximum atomic E-state index is 12.6. The summed E-state index contributed by atoms with van der Waals surface area (Å²) in [6.07, 6.45) is 5.48. The number of ether oxygens (including phenoxy) is 2. The Balaban J connectivity index is 1.40. The molecule has 24 heavy (non-hydrogen) atoms. The number of carbonyl (C=O) groups is 1. The van der Waals surface area contributed by atoms with E-state index >= 15 is 0 Å². The Morgan fingerprint density at radius 2 is 1.88 bits per heavy atom. The summed E-state index contributed by atoms with van der Waals surface area (Å²) in [5.74, 6) is -0.437. The molecule has 2 aromatic carbocycles. The monoisotopic (exact) mass is 325 g/mol. The third-order valence-electron chi connectivity index (χ3n) is 5.05. The van der Waals surface area contributed by atoms with Gasteiger partial charge in [-0.1, -0.05) is 42.8 Å². The first-order chi connectivity index (χ1) is 11.8. The van der Waals surface area contributed by atoms with Crippen LogP contribution in [0.2, 0.25) is 0 Å².